The largest absolute Gasteiger partial charge is 0.484 e. The van der Waals surface area contributed by atoms with Crippen molar-refractivity contribution in [3.63, 3.8) is 0 Å². The van der Waals surface area contributed by atoms with Gasteiger partial charge in [-0.1, -0.05) is 23.2 Å². The molecule has 162 valence electrons. The van der Waals surface area contributed by atoms with Gasteiger partial charge in [-0.15, -0.1) is 0 Å². The second-order valence-electron chi connectivity index (χ2n) is 7.77. The number of likely N-dealkylation sites (N-methyl/N-ethyl adjacent to an activating group) is 1. The molecule has 2 aliphatic rings. The minimum Gasteiger partial charge on any atom is -0.484 e. The zero-order valence-corrected chi connectivity index (χ0v) is 18.8. The van der Waals surface area contributed by atoms with Gasteiger partial charge < -0.3 is 19.1 Å². The van der Waals surface area contributed by atoms with Crippen LogP contribution in [-0.2, 0) is 14.3 Å². The van der Waals surface area contributed by atoms with Crippen molar-refractivity contribution in [1.82, 2.24) is 9.80 Å². The van der Waals surface area contributed by atoms with E-state index in [4.69, 9.17) is 37.4 Å². The fourth-order valence-electron chi connectivity index (χ4n) is 4.47. The first-order chi connectivity index (χ1) is 13.9. The molecule has 3 rings (SSSR count). The highest BCUT2D eigenvalue weighted by Gasteiger charge is 2.43. The van der Waals surface area contributed by atoms with Gasteiger partial charge >= 0.3 is 0 Å². The Hall–Kier alpha value is -1.05. The molecule has 2 fully saturated rings. The average Bonchev–Trinajstić information content (AvgIpc) is 3.27. The molecule has 1 heterocycles. The van der Waals surface area contributed by atoms with Crippen molar-refractivity contribution in [2.75, 3.05) is 41.0 Å². The first-order valence-electron chi connectivity index (χ1n) is 10.1. The van der Waals surface area contributed by atoms with Crippen LogP contribution in [0.3, 0.4) is 0 Å². The predicted molar refractivity (Wildman–Crippen MR) is 114 cm³/mol. The minimum absolute atomic E-state index is 0.0323. The Kier molecular flexibility index (Phi) is 8.05. The number of rotatable bonds is 7. The Labute approximate surface area is 183 Å². The number of benzene rings is 1. The van der Waals surface area contributed by atoms with Crippen LogP contribution in [0.4, 0.5) is 0 Å². The molecule has 0 aromatic heterocycles. The Morgan fingerprint density at radius 1 is 1.10 bits per heavy atom. The third kappa shape index (κ3) is 5.36. The molecule has 0 N–H and O–H groups in total. The number of amides is 1. The van der Waals surface area contributed by atoms with E-state index < -0.39 is 0 Å². The number of carbonyl (C=O) groups excluding carboxylic acids is 1. The maximum Gasteiger partial charge on any atom is 0.260 e. The Morgan fingerprint density at radius 2 is 1.76 bits per heavy atom. The van der Waals surface area contributed by atoms with E-state index in [2.05, 4.69) is 4.90 Å². The van der Waals surface area contributed by atoms with Gasteiger partial charge in [-0.2, -0.15) is 0 Å². The van der Waals surface area contributed by atoms with Gasteiger partial charge in [0.05, 0.1) is 22.3 Å². The third-order valence-corrected chi connectivity index (χ3v) is 6.90. The summed E-state index contributed by atoms with van der Waals surface area (Å²) in [6.07, 6.45) is 4.00. The van der Waals surface area contributed by atoms with Crippen LogP contribution >= 0.6 is 23.2 Å². The average molecular weight is 445 g/mol. The van der Waals surface area contributed by atoms with Crippen LogP contribution in [0.2, 0.25) is 10.0 Å². The van der Waals surface area contributed by atoms with Crippen LogP contribution in [0.25, 0.3) is 0 Å². The minimum atomic E-state index is -0.0732. The van der Waals surface area contributed by atoms with Gasteiger partial charge in [-0.25, -0.2) is 0 Å². The standard InChI is InChI=1S/C21H30Cl2N2O4/c1-24(21(26)13-29-14-6-7-15(22)16(23)10-14)17-11-19(27-2)20(28-3)12-18(17)25-8-4-5-9-25/h6-7,10,17-20H,4-5,8-9,11-13H2,1-3H3/t17-,18-,19+,20-/m1/s1. The number of halogens is 2. The molecule has 29 heavy (non-hydrogen) atoms. The van der Waals surface area contributed by atoms with E-state index >= 15 is 0 Å². The second kappa shape index (κ2) is 10.3. The highest BCUT2D eigenvalue weighted by atomic mass is 35.5. The van der Waals surface area contributed by atoms with E-state index in [1.807, 2.05) is 11.9 Å². The summed E-state index contributed by atoms with van der Waals surface area (Å²) in [5.74, 6) is 0.450. The summed E-state index contributed by atoms with van der Waals surface area (Å²) in [5.41, 5.74) is 0. The summed E-state index contributed by atoms with van der Waals surface area (Å²) < 4.78 is 17.0. The zero-order chi connectivity index (χ0) is 21.0. The molecule has 4 atom stereocenters. The van der Waals surface area contributed by atoms with Gasteiger partial charge in [0, 0.05) is 39.4 Å². The number of carbonyl (C=O) groups is 1. The van der Waals surface area contributed by atoms with Crippen LogP contribution in [0.1, 0.15) is 25.7 Å². The summed E-state index contributed by atoms with van der Waals surface area (Å²) in [5, 5.41) is 0.858. The highest BCUT2D eigenvalue weighted by molar-refractivity contribution is 6.42. The summed E-state index contributed by atoms with van der Waals surface area (Å²) in [6, 6.07) is 5.29. The zero-order valence-electron chi connectivity index (χ0n) is 17.3. The van der Waals surface area contributed by atoms with Crippen molar-refractivity contribution in [2.45, 2.75) is 50.0 Å². The Morgan fingerprint density at radius 3 is 2.38 bits per heavy atom. The number of methoxy groups -OCH3 is 2. The van der Waals surface area contributed by atoms with Crippen molar-refractivity contribution in [3.05, 3.63) is 28.2 Å². The number of hydrogen-bond donors (Lipinski definition) is 0. The SMILES string of the molecule is CO[C@H]1C[C@@H](N(C)C(=O)COc2ccc(Cl)c(Cl)c2)[C@H](N2CCCC2)C[C@H]1OC. The lowest BCUT2D eigenvalue weighted by atomic mass is 9.84. The summed E-state index contributed by atoms with van der Waals surface area (Å²) >= 11 is 12.0. The van der Waals surface area contributed by atoms with Crippen LogP contribution < -0.4 is 4.74 Å². The second-order valence-corrected chi connectivity index (χ2v) is 8.58. The molecule has 0 radical (unpaired) electrons. The predicted octanol–water partition coefficient (Wildman–Crippen LogP) is 3.49. The first-order valence-corrected chi connectivity index (χ1v) is 10.8. The molecule has 1 aromatic carbocycles. The molecule has 6 nitrogen and oxygen atoms in total. The maximum atomic E-state index is 12.9. The molecule has 0 bridgehead atoms. The van der Waals surface area contributed by atoms with Gasteiger partial charge in [-0.3, -0.25) is 9.69 Å². The van der Waals surface area contributed by atoms with E-state index in [1.165, 1.54) is 12.8 Å². The number of nitrogens with zero attached hydrogens (tertiary/aromatic N) is 2. The lowest BCUT2D eigenvalue weighted by Gasteiger charge is -2.47. The molecule has 1 aromatic rings. The molecule has 1 saturated heterocycles. The molecular formula is C21H30Cl2N2O4. The molecule has 0 unspecified atom stereocenters. The van der Waals surface area contributed by atoms with E-state index in [9.17, 15) is 4.79 Å². The lowest BCUT2D eigenvalue weighted by molar-refractivity contribution is -0.142. The van der Waals surface area contributed by atoms with Crippen molar-refractivity contribution in [3.8, 4) is 5.75 Å². The smallest absolute Gasteiger partial charge is 0.260 e. The monoisotopic (exact) mass is 444 g/mol. The third-order valence-electron chi connectivity index (χ3n) is 6.17. The van der Waals surface area contributed by atoms with E-state index in [1.54, 1.807) is 32.4 Å². The molecule has 0 spiro atoms. The van der Waals surface area contributed by atoms with Crippen molar-refractivity contribution in [2.24, 2.45) is 0 Å². The molecule has 1 saturated carbocycles. The number of likely N-dealkylation sites (tertiary alicyclic amines) is 1. The fraction of sp³-hybridized carbons (Fsp3) is 0.667. The highest BCUT2D eigenvalue weighted by Crippen LogP contribution is 2.32. The van der Waals surface area contributed by atoms with Gasteiger partial charge in [-0.05, 0) is 50.9 Å². The fourth-order valence-corrected chi connectivity index (χ4v) is 4.76. The quantitative estimate of drug-likeness (QED) is 0.643. The van der Waals surface area contributed by atoms with E-state index in [0.717, 1.165) is 25.9 Å². The van der Waals surface area contributed by atoms with Gasteiger partial charge in [0.1, 0.15) is 5.75 Å². The van der Waals surface area contributed by atoms with Gasteiger partial charge in [0.2, 0.25) is 0 Å². The number of ether oxygens (including phenoxy) is 3. The van der Waals surface area contributed by atoms with Crippen molar-refractivity contribution in [1.29, 1.82) is 0 Å². The lowest BCUT2D eigenvalue weighted by Crippen LogP contribution is -2.59. The van der Waals surface area contributed by atoms with E-state index in [0.29, 0.717) is 15.8 Å². The molecule has 1 aliphatic heterocycles. The summed E-state index contributed by atoms with van der Waals surface area (Å²) in [6.45, 7) is 2.08. The topological polar surface area (TPSA) is 51.2 Å². The van der Waals surface area contributed by atoms with Crippen molar-refractivity contribution < 1.29 is 19.0 Å². The first kappa shape index (κ1) is 22.6. The molecule has 8 heteroatoms. The molecule has 1 aliphatic carbocycles. The Balaban J connectivity index is 1.68. The molecule has 1 amide bonds. The molecular weight excluding hydrogens is 415 g/mol. The van der Waals surface area contributed by atoms with Crippen LogP contribution in [0.5, 0.6) is 5.75 Å². The summed E-state index contributed by atoms with van der Waals surface area (Å²) in [4.78, 5) is 17.2. The van der Waals surface area contributed by atoms with Crippen LogP contribution in [0.15, 0.2) is 18.2 Å². The van der Waals surface area contributed by atoms with Gasteiger partial charge in [0.15, 0.2) is 6.61 Å². The maximum absolute atomic E-state index is 12.9. The van der Waals surface area contributed by atoms with Crippen LogP contribution in [-0.4, -0.2) is 81.0 Å². The Bertz CT molecular complexity index is 699. The van der Waals surface area contributed by atoms with Gasteiger partial charge in [0.25, 0.3) is 5.91 Å². The normalized spacial score (nSPS) is 27.8. The number of hydrogen-bond acceptors (Lipinski definition) is 5. The van der Waals surface area contributed by atoms with Crippen molar-refractivity contribution >= 4 is 29.1 Å². The van der Waals surface area contributed by atoms with Crippen LogP contribution in [0, 0.1) is 0 Å². The summed E-state index contributed by atoms with van der Waals surface area (Å²) in [7, 11) is 5.30. The van der Waals surface area contributed by atoms with E-state index in [-0.39, 0.29) is 36.8 Å².